The van der Waals surface area contributed by atoms with Gasteiger partial charge in [-0.05, 0) is 18.2 Å². The lowest BCUT2D eigenvalue weighted by atomic mass is 10.1. The Morgan fingerprint density at radius 3 is 2.82 bits per heavy atom. The average Bonchev–Trinajstić information content (AvgIpc) is 2.87. The molecule has 1 aliphatic heterocycles. The van der Waals surface area contributed by atoms with E-state index in [4.69, 9.17) is 4.74 Å². The minimum atomic E-state index is -0.768. The molecule has 28 heavy (non-hydrogen) atoms. The number of fused-ring (bicyclic) bond motifs is 3. The van der Waals surface area contributed by atoms with E-state index in [1.807, 2.05) is 42.5 Å². The molecule has 0 spiro atoms. The van der Waals surface area contributed by atoms with Crippen LogP contribution >= 0.6 is 11.8 Å². The summed E-state index contributed by atoms with van der Waals surface area (Å²) in [7, 11) is 0. The fourth-order valence-electron chi connectivity index (χ4n) is 2.96. The number of amides is 1. The Bertz CT molecular complexity index is 1030. The van der Waals surface area contributed by atoms with E-state index in [1.165, 1.54) is 18.7 Å². The molecule has 1 atom stereocenters. The molecule has 3 aromatic rings. The molecule has 8 heteroatoms. The summed E-state index contributed by atoms with van der Waals surface area (Å²) in [4.78, 5) is 23.1. The van der Waals surface area contributed by atoms with E-state index in [2.05, 4.69) is 26.7 Å². The fourth-order valence-corrected chi connectivity index (χ4v) is 3.47. The van der Waals surface area contributed by atoms with Crippen molar-refractivity contribution in [1.82, 2.24) is 20.2 Å². The van der Waals surface area contributed by atoms with E-state index in [1.54, 1.807) is 17.2 Å². The van der Waals surface area contributed by atoms with Crippen molar-refractivity contribution < 1.29 is 9.53 Å². The third-order valence-electron chi connectivity index (χ3n) is 4.12. The summed E-state index contributed by atoms with van der Waals surface area (Å²) in [5.74, 6) is 0.791. The van der Waals surface area contributed by atoms with Crippen molar-refractivity contribution in [1.29, 1.82) is 0 Å². The molecule has 7 nitrogen and oxygen atoms in total. The predicted molar refractivity (Wildman–Crippen MR) is 107 cm³/mol. The van der Waals surface area contributed by atoms with Gasteiger partial charge in [0, 0.05) is 24.4 Å². The van der Waals surface area contributed by atoms with Gasteiger partial charge in [-0.2, -0.15) is 4.98 Å². The van der Waals surface area contributed by atoms with E-state index in [0.717, 1.165) is 5.56 Å². The highest BCUT2D eigenvalue weighted by atomic mass is 32.2. The topological polar surface area (TPSA) is 81.1 Å². The number of aromatic nitrogens is 4. The number of rotatable bonds is 4. The van der Waals surface area contributed by atoms with Crippen molar-refractivity contribution in [2.45, 2.75) is 18.3 Å². The first-order chi connectivity index (χ1) is 13.7. The zero-order chi connectivity index (χ0) is 19.5. The number of ether oxygens (including phenoxy) is 1. The van der Waals surface area contributed by atoms with Crippen molar-refractivity contribution in [3.63, 3.8) is 0 Å². The number of para-hydroxylation sites is 1. The van der Waals surface area contributed by atoms with Gasteiger partial charge in [0.15, 0.2) is 5.69 Å². The number of anilines is 1. The fraction of sp³-hybridized carbons (Fsp3) is 0.150. The Kier molecular flexibility index (Phi) is 5.03. The molecule has 1 aromatic carbocycles. The highest BCUT2D eigenvalue weighted by Gasteiger charge is 2.35. The van der Waals surface area contributed by atoms with E-state index >= 15 is 0 Å². The summed E-state index contributed by atoms with van der Waals surface area (Å²) in [6.07, 6.45) is 2.66. The summed E-state index contributed by atoms with van der Waals surface area (Å²) in [6.45, 7) is 5.21. The molecule has 0 N–H and O–H groups in total. The second-order valence-electron chi connectivity index (χ2n) is 5.98. The van der Waals surface area contributed by atoms with Crippen LogP contribution in [-0.4, -0.2) is 31.8 Å². The molecule has 1 aliphatic rings. The van der Waals surface area contributed by atoms with Crippen LogP contribution in [0, 0.1) is 0 Å². The smallest absolute Gasteiger partial charge is 0.247 e. The van der Waals surface area contributed by atoms with Gasteiger partial charge >= 0.3 is 0 Å². The standard InChI is InChI=1S/C20H17N5O2S/c1-3-12-28-20-22-18-17(23-24-20)14-8-4-5-10-16(14)25(13(2)26)19(27-18)15-9-6-7-11-21-15/h3-11,19H,1,12H2,2H3/t19-/m1/s1. The largest absolute Gasteiger partial charge is 0.445 e. The normalized spacial score (nSPS) is 15.0. The van der Waals surface area contributed by atoms with Gasteiger partial charge in [-0.25, -0.2) is 0 Å². The maximum atomic E-state index is 12.6. The van der Waals surface area contributed by atoms with Crippen molar-refractivity contribution in [3.8, 4) is 17.1 Å². The van der Waals surface area contributed by atoms with Crippen LogP contribution in [0.3, 0.4) is 0 Å². The first-order valence-electron chi connectivity index (χ1n) is 8.64. The molecule has 0 saturated heterocycles. The van der Waals surface area contributed by atoms with Crippen LogP contribution in [0.5, 0.6) is 5.88 Å². The number of pyridine rings is 1. The highest BCUT2D eigenvalue weighted by Crippen LogP contribution is 2.42. The van der Waals surface area contributed by atoms with E-state index in [0.29, 0.717) is 33.9 Å². The molecule has 0 aliphatic carbocycles. The number of carbonyl (C=O) groups excluding carboxylic acids is 1. The van der Waals surface area contributed by atoms with Crippen LogP contribution in [0.2, 0.25) is 0 Å². The number of benzene rings is 1. The molecule has 140 valence electrons. The zero-order valence-electron chi connectivity index (χ0n) is 15.1. The number of carbonyl (C=O) groups is 1. The second-order valence-corrected chi connectivity index (χ2v) is 6.97. The Hall–Kier alpha value is -3.26. The maximum absolute atomic E-state index is 12.6. The number of hydrogen-bond donors (Lipinski definition) is 0. The van der Waals surface area contributed by atoms with Gasteiger partial charge in [-0.15, -0.1) is 16.8 Å². The quantitative estimate of drug-likeness (QED) is 0.496. The highest BCUT2D eigenvalue weighted by molar-refractivity contribution is 7.99. The molecule has 0 unspecified atom stereocenters. The minimum Gasteiger partial charge on any atom is -0.445 e. The van der Waals surface area contributed by atoms with Crippen LogP contribution < -0.4 is 9.64 Å². The van der Waals surface area contributed by atoms with Crippen LogP contribution in [-0.2, 0) is 4.79 Å². The van der Waals surface area contributed by atoms with E-state index in [-0.39, 0.29) is 5.91 Å². The summed E-state index contributed by atoms with van der Waals surface area (Å²) >= 11 is 1.41. The lowest BCUT2D eigenvalue weighted by Gasteiger charge is -2.29. The lowest BCUT2D eigenvalue weighted by Crippen LogP contribution is -2.36. The Morgan fingerprint density at radius 2 is 2.07 bits per heavy atom. The van der Waals surface area contributed by atoms with Crippen molar-refractivity contribution in [2.24, 2.45) is 0 Å². The van der Waals surface area contributed by atoms with Gasteiger partial charge in [-0.1, -0.05) is 42.1 Å². The second kappa shape index (κ2) is 7.77. The Morgan fingerprint density at radius 1 is 1.25 bits per heavy atom. The SMILES string of the molecule is C=CCSc1nnc2c(n1)O[C@H](c1ccccn1)N(C(C)=O)c1ccccc1-2. The predicted octanol–water partition coefficient (Wildman–Crippen LogP) is 3.66. The zero-order valence-corrected chi connectivity index (χ0v) is 16.0. The molecule has 0 fully saturated rings. The molecule has 0 radical (unpaired) electrons. The van der Waals surface area contributed by atoms with Gasteiger partial charge in [0.05, 0.1) is 5.69 Å². The molecule has 0 saturated carbocycles. The van der Waals surface area contributed by atoms with Gasteiger partial charge in [0.1, 0.15) is 5.69 Å². The molecule has 0 bridgehead atoms. The minimum absolute atomic E-state index is 0.176. The van der Waals surface area contributed by atoms with E-state index in [9.17, 15) is 4.79 Å². The Labute approximate surface area is 166 Å². The van der Waals surface area contributed by atoms with Crippen LogP contribution in [0.15, 0.2) is 66.5 Å². The molecule has 4 rings (SSSR count). The number of nitrogens with zero attached hydrogens (tertiary/aromatic N) is 5. The molecule has 1 amide bonds. The third-order valence-corrected chi connectivity index (χ3v) is 4.96. The molecule has 2 aromatic heterocycles. The Balaban J connectivity index is 1.91. The van der Waals surface area contributed by atoms with Crippen LogP contribution in [0.4, 0.5) is 5.69 Å². The van der Waals surface area contributed by atoms with E-state index < -0.39 is 6.23 Å². The lowest BCUT2D eigenvalue weighted by molar-refractivity contribution is -0.118. The monoisotopic (exact) mass is 391 g/mol. The van der Waals surface area contributed by atoms with Crippen LogP contribution in [0.1, 0.15) is 18.8 Å². The summed E-state index contributed by atoms with van der Waals surface area (Å²) in [5.41, 5.74) is 2.49. The van der Waals surface area contributed by atoms with Gasteiger partial charge in [-0.3, -0.25) is 14.7 Å². The van der Waals surface area contributed by atoms with Crippen molar-refractivity contribution in [2.75, 3.05) is 10.7 Å². The third kappa shape index (κ3) is 3.34. The molecule has 3 heterocycles. The molecular weight excluding hydrogens is 374 g/mol. The first kappa shape index (κ1) is 18.1. The summed E-state index contributed by atoms with van der Waals surface area (Å²) in [5, 5.41) is 9.02. The van der Waals surface area contributed by atoms with Gasteiger partial charge in [0.2, 0.25) is 23.2 Å². The number of thioether (sulfide) groups is 1. The van der Waals surface area contributed by atoms with Crippen molar-refractivity contribution in [3.05, 3.63) is 67.0 Å². The van der Waals surface area contributed by atoms with Crippen molar-refractivity contribution >= 4 is 23.4 Å². The summed E-state index contributed by atoms with van der Waals surface area (Å²) < 4.78 is 6.21. The average molecular weight is 391 g/mol. The first-order valence-corrected chi connectivity index (χ1v) is 9.63. The number of hydrogen-bond acceptors (Lipinski definition) is 7. The summed E-state index contributed by atoms with van der Waals surface area (Å²) in [6, 6.07) is 13.0. The van der Waals surface area contributed by atoms with Gasteiger partial charge in [0.25, 0.3) is 0 Å². The maximum Gasteiger partial charge on any atom is 0.247 e. The molecular formula is C20H17N5O2S. The van der Waals surface area contributed by atoms with Gasteiger partial charge < -0.3 is 4.74 Å². The van der Waals surface area contributed by atoms with Crippen LogP contribution in [0.25, 0.3) is 11.3 Å².